The molecule has 2 fully saturated rings. The highest BCUT2D eigenvalue weighted by Gasteiger charge is 2.35. The van der Waals surface area contributed by atoms with Crippen LogP contribution < -0.4 is 25.0 Å². The average Bonchev–Trinajstić information content (AvgIpc) is 3.25. The molecular weight excluding hydrogens is 310 g/mol. The second-order valence-corrected chi connectivity index (χ2v) is 6.10. The normalized spacial score (nSPS) is 23.4. The predicted octanol–water partition coefficient (Wildman–Crippen LogP) is 0.535. The molecule has 0 spiro atoms. The van der Waals surface area contributed by atoms with E-state index in [4.69, 9.17) is 9.47 Å². The maximum atomic E-state index is 12.7. The van der Waals surface area contributed by atoms with Crippen LogP contribution in [0.5, 0.6) is 11.5 Å². The molecule has 24 heavy (non-hydrogen) atoms. The van der Waals surface area contributed by atoms with E-state index in [1.165, 1.54) is 0 Å². The lowest BCUT2D eigenvalue weighted by Gasteiger charge is -2.19. The van der Waals surface area contributed by atoms with Crippen LogP contribution in [-0.4, -0.2) is 51.7 Å². The molecule has 0 saturated carbocycles. The third kappa shape index (κ3) is 3.31. The Kier molecular flexibility index (Phi) is 4.89. The largest absolute Gasteiger partial charge is 0.497 e. The van der Waals surface area contributed by atoms with Gasteiger partial charge in [0.25, 0.3) is 0 Å². The van der Waals surface area contributed by atoms with E-state index < -0.39 is 6.04 Å². The van der Waals surface area contributed by atoms with Crippen LogP contribution in [0.1, 0.15) is 12.8 Å². The number of nitrogens with zero attached hydrogens (tertiary/aromatic N) is 1. The SMILES string of the molecule is COc1cc(OC)cc(N2CCC(NC(=O)C3CCNC3)C2=O)c1. The molecule has 7 heteroatoms. The van der Waals surface area contributed by atoms with Crippen LogP contribution in [0, 0.1) is 5.92 Å². The van der Waals surface area contributed by atoms with Gasteiger partial charge in [0.05, 0.1) is 25.8 Å². The lowest BCUT2D eigenvalue weighted by atomic mass is 10.1. The highest BCUT2D eigenvalue weighted by Crippen LogP contribution is 2.31. The zero-order valence-corrected chi connectivity index (χ0v) is 14.0. The van der Waals surface area contributed by atoms with Gasteiger partial charge in [-0.1, -0.05) is 0 Å². The fourth-order valence-electron chi connectivity index (χ4n) is 3.19. The lowest BCUT2D eigenvalue weighted by molar-refractivity contribution is -0.128. The van der Waals surface area contributed by atoms with Crippen LogP contribution in [-0.2, 0) is 9.59 Å². The molecule has 2 saturated heterocycles. The topological polar surface area (TPSA) is 79.9 Å². The van der Waals surface area contributed by atoms with E-state index in [9.17, 15) is 9.59 Å². The summed E-state index contributed by atoms with van der Waals surface area (Å²) < 4.78 is 10.5. The second kappa shape index (κ2) is 7.09. The Labute approximate surface area is 141 Å². The van der Waals surface area contributed by atoms with Gasteiger partial charge >= 0.3 is 0 Å². The first kappa shape index (κ1) is 16.6. The maximum absolute atomic E-state index is 12.7. The molecule has 0 bridgehead atoms. The van der Waals surface area contributed by atoms with E-state index >= 15 is 0 Å². The van der Waals surface area contributed by atoms with Crippen molar-refractivity contribution in [3.8, 4) is 11.5 Å². The summed E-state index contributed by atoms with van der Waals surface area (Å²) in [5.74, 6) is 1.08. The molecule has 2 aliphatic heterocycles. The van der Waals surface area contributed by atoms with Crippen LogP contribution in [0.25, 0.3) is 0 Å². The molecular formula is C17H23N3O4. The van der Waals surface area contributed by atoms with Gasteiger partial charge in [0.1, 0.15) is 17.5 Å². The van der Waals surface area contributed by atoms with Crippen molar-refractivity contribution in [1.82, 2.24) is 10.6 Å². The summed E-state index contributed by atoms with van der Waals surface area (Å²) in [5, 5.41) is 6.06. The van der Waals surface area contributed by atoms with Gasteiger partial charge in [0, 0.05) is 31.3 Å². The summed E-state index contributed by atoms with van der Waals surface area (Å²) in [6, 6.07) is 4.89. The zero-order chi connectivity index (χ0) is 17.1. The number of amides is 2. The Hall–Kier alpha value is -2.28. The first-order chi connectivity index (χ1) is 11.6. The highest BCUT2D eigenvalue weighted by molar-refractivity contribution is 6.01. The quantitative estimate of drug-likeness (QED) is 0.822. The van der Waals surface area contributed by atoms with Crippen LogP contribution in [0.4, 0.5) is 5.69 Å². The Morgan fingerprint density at radius 3 is 2.50 bits per heavy atom. The zero-order valence-electron chi connectivity index (χ0n) is 14.0. The first-order valence-corrected chi connectivity index (χ1v) is 8.18. The molecule has 7 nitrogen and oxygen atoms in total. The highest BCUT2D eigenvalue weighted by atomic mass is 16.5. The van der Waals surface area contributed by atoms with Gasteiger partial charge in [-0.2, -0.15) is 0 Å². The van der Waals surface area contributed by atoms with Crippen LogP contribution in [0.3, 0.4) is 0 Å². The van der Waals surface area contributed by atoms with Gasteiger partial charge in [-0.15, -0.1) is 0 Å². The van der Waals surface area contributed by atoms with Gasteiger partial charge in [-0.3, -0.25) is 9.59 Å². The Bertz CT molecular complexity index is 606. The van der Waals surface area contributed by atoms with E-state index in [1.54, 1.807) is 37.3 Å². The summed E-state index contributed by atoms with van der Waals surface area (Å²) in [7, 11) is 3.14. The van der Waals surface area contributed by atoms with Gasteiger partial charge in [-0.25, -0.2) is 0 Å². The summed E-state index contributed by atoms with van der Waals surface area (Å²) >= 11 is 0. The van der Waals surface area contributed by atoms with Gasteiger partial charge < -0.3 is 25.0 Å². The molecule has 2 atom stereocenters. The van der Waals surface area contributed by atoms with E-state index in [0.29, 0.717) is 31.0 Å². The minimum atomic E-state index is -0.463. The van der Waals surface area contributed by atoms with Crippen molar-refractivity contribution in [3.63, 3.8) is 0 Å². The van der Waals surface area contributed by atoms with Crippen molar-refractivity contribution in [2.24, 2.45) is 5.92 Å². The molecule has 0 aromatic heterocycles. The number of carbonyl (C=O) groups is 2. The summed E-state index contributed by atoms with van der Waals surface area (Å²) in [6.07, 6.45) is 1.42. The smallest absolute Gasteiger partial charge is 0.249 e. The van der Waals surface area contributed by atoms with Gasteiger partial charge in [-0.05, 0) is 19.4 Å². The molecule has 0 aliphatic carbocycles. The number of hydrogen-bond acceptors (Lipinski definition) is 5. The Morgan fingerprint density at radius 1 is 1.21 bits per heavy atom. The molecule has 2 heterocycles. The first-order valence-electron chi connectivity index (χ1n) is 8.18. The van der Waals surface area contributed by atoms with Gasteiger partial charge in [0.2, 0.25) is 11.8 Å². The number of benzene rings is 1. The van der Waals surface area contributed by atoms with Crippen molar-refractivity contribution >= 4 is 17.5 Å². The van der Waals surface area contributed by atoms with E-state index in [-0.39, 0.29) is 17.7 Å². The van der Waals surface area contributed by atoms with E-state index in [0.717, 1.165) is 18.7 Å². The summed E-state index contributed by atoms with van der Waals surface area (Å²) in [6.45, 7) is 2.10. The number of rotatable bonds is 5. The number of ether oxygens (including phenoxy) is 2. The number of hydrogen-bond donors (Lipinski definition) is 2. The molecule has 2 unspecified atom stereocenters. The van der Waals surface area contributed by atoms with Crippen LogP contribution in [0.15, 0.2) is 18.2 Å². The summed E-state index contributed by atoms with van der Waals surface area (Å²) in [5.41, 5.74) is 0.718. The fourth-order valence-corrected chi connectivity index (χ4v) is 3.19. The van der Waals surface area contributed by atoms with Crippen molar-refractivity contribution in [1.29, 1.82) is 0 Å². The molecule has 3 rings (SSSR count). The minimum Gasteiger partial charge on any atom is -0.497 e. The molecule has 2 N–H and O–H groups in total. The molecule has 2 aliphatic rings. The Morgan fingerprint density at radius 2 is 1.92 bits per heavy atom. The second-order valence-electron chi connectivity index (χ2n) is 6.10. The summed E-state index contributed by atoms with van der Waals surface area (Å²) in [4.78, 5) is 26.6. The molecule has 2 amide bonds. The third-order valence-electron chi connectivity index (χ3n) is 4.60. The molecule has 1 aromatic carbocycles. The number of nitrogens with one attached hydrogen (secondary N) is 2. The number of methoxy groups -OCH3 is 2. The van der Waals surface area contributed by atoms with Gasteiger partial charge in [0.15, 0.2) is 0 Å². The molecule has 130 valence electrons. The van der Waals surface area contributed by atoms with Crippen molar-refractivity contribution in [3.05, 3.63) is 18.2 Å². The maximum Gasteiger partial charge on any atom is 0.249 e. The van der Waals surface area contributed by atoms with Crippen molar-refractivity contribution in [2.45, 2.75) is 18.9 Å². The molecule has 1 aromatic rings. The minimum absolute atomic E-state index is 0.0382. The monoisotopic (exact) mass is 333 g/mol. The Balaban J connectivity index is 1.70. The number of carbonyl (C=O) groups excluding carboxylic acids is 2. The third-order valence-corrected chi connectivity index (χ3v) is 4.60. The van der Waals surface area contributed by atoms with Crippen molar-refractivity contribution in [2.75, 3.05) is 38.8 Å². The number of anilines is 1. The van der Waals surface area contributed by atoms with Crippen molar-refractivity contribution < 1.29 is 19.1 Å². The van der Waals surface area contributed by atoms with Crippen LogP contribution >= 0.6 is 0 Å². The molecule has 0 radical (unpaired) electrons. The van der Waals surface area contributed by atoms with Crippen LogP contribution in [0.2, 0.25) is 0 Å². The van der Waals surface area contributed by atoms with E-state index in [1.807, 2.05) is 0 Å². The average molecular weight is 333 g/mol. The van der Waals surface area contributed by atoms with E-state index in [2.05, 4.69) is 10.6 Å². The predicted molar refractivity (Wildman–Crippen MR) is 89.4 cm³/mol. The lowest BCUT2D eigenvalue weighted by Crippen LogP contribution is -2.44. The fraction of sp³-hybridized carbons (Fsp3) is 0.529. The standard InChI is InChI=1S/C17H23N3O4/c1-23-13-7-12(8-14(9-13)24-2)20-6-4-15(17(20)22)19-16(21)11-3-5-18-10-11/h7-9,11,15,18H,3-6,10H2,1-2H3,(H,19,21).